The van der Waals surface area contributed by atoms with Gasteiger partial charge in [0.1, 0.15) is 0 Å². The first-order valence-electron chi connectivity index (χ1n) is 5.07. The normalized spacial score (nSPS) is 9.94. The van der Waals surface area contributed by atoms with E-state index in [-0.39, 0.29) is 5.78 Å². The van der Waals surface area contributed by atoms with Crippen LogP contribution in [0.3, 0.4) is 0 Å². The minimum atomic E-state index is 0.0471. The van der Waals surface area contributed by atoms with Gasteiger partial charge in [0.15, 0.2) is 5.78 Å². The molecule has 0 heterocycles. The summed E-state index contributed by atoms with van der Waals surface area (Å²) in [5.74, 6) is 0.0471. The van der Waals surface area contributed by atoms with Gasteiger partial charge in [-0.2, -0.15) is 0 Å². The molecule has 0 aliphatic carbocycles. The second-order valence-corrected chi connectivity index (χ2v) is 4.95. The fourth-order valence-corrected chi connectivity index (χ4v) is 2.30. The molecule has 0 saturated heterocycles. The van der Waals surface area contributed by atoms with E-state index < -0.39 is 0 Å². The number of carbonyl (C=O) groups is 1. The van der Waals surface area contributed by atoms with Crippen LogP contribution in [0.15, 0.2) is 48.5 Å². The maximum absolute atomic E-state index is 12.2. The highest BCUT2D eigenvalue weighted by Gasteiger charge is 2.11. The van der Waals surface area contributed by atoms with Crippen molar-refractivity contribution in [2.45, 2.75) is 0 Å². The van der Waals surface area contributed by atoms with E-state index in [0.29, 0.717) is 5.56 Å². The van der Waals surface area contributed by atoms with Gasteiger partial charge in [-0.05, 0) is 40.3 Å². The van der Waals surface area contributed by atoms with E-state index >= 15 is 0 Å². The predicted molar refractivity (Wildman–Crippen MR) is 81.8 cm³/mol. The first-order chi connectivity index (χ1) is 8.22. The average molecular weight is 352 g/mol. The number of rotatable bonds is 3. The van der Waals surface area contributed by atoms with E-state index in [2.05, 4.69) is 22.6 Å². The molecule has 0 aliphatic heterocycles. The van der Waals surface area contributed by atoms with Crippen LogP contribution < -0.4 is 0 Å². The fourth-order valence-electron chi connectivity index (χ4n) is 1.51. The van der Waals surface area contributed by atoms with Gasteiger partial charge in [-0.15, -0.1) is 0 Å². The number of benzene rings is 2. The topological polar surface area (TPSA) is 17.1 Å². The predicted octanol–water partition coefficient (Wildman–Crippen LogP) is 3.87. The van der Waals surface area contributed by atoms with Crippen LogP contribution in [0.2, 0.25) is 0 Å². The van der Waals surface area contributed by atoms with Crippen LogP contribution >= 0.6 is 34.8 Å². The van der Waals surface area contributed by atoms with Gasteiger partial charge in [-0.3, -0.25) is 4.79 Å². The Morgan fingerprint density at radius 1 is 1.06 bits per heavy atom. The van der Waals surface area contributed by atoms with Gasteiger partial charge in [0.25, 0.3) is 0 Å². The van der Waals surface area contributed by atoms with Crippen molar-refractivity contribution in [3.05, 3.63) is 68.8 Å². The summed E-state index contributed by atoms with van der Waals surface area (Å²) in [6.07, 6.45) is 0. The molecule has 0 bridgehead atoms. The SMILES string of the molecule is O=C(c1ccc(C=S)cc1)c1ccccc1I. The van der Waals surface area contributed by atoms with Crippen molar-refractivity contribution in [3.8, 4) is 0 Å². The Balaban J connectivity index is 2.37. The van der Waals surface area contributed by atoms with Gasteiger partial charge in [0.05, 0.1) is 0 Å². The first-order valence-corrected chi connectivity index (χ1v) is 6.62. The molecule has 0 aromatic heterocycles. The van der Waals surface area contributed by atoms with Crippen LogP contribution in [0, 0.1) is 3.57 Å². The zero-order valence-corrected chi connectivity index (χ0v) is 11.9. The summed E-state index contributed by atoms with van der Waals surface area (Å²) in [6, 6.07) is 14.9. The molecule has 1 nitrogen and oxygen atoms in total. The molecule has 0 radical (unpaired) electrons. The maximum Gasteiger partial charge on any atom is 0.194 e. The molecule has 3 heteroatoms. The third-order valence-electron chi connectivity index (χ3n) is 2.43. The summed E-state index contributed by atoms with van der Waals surface area (Å²) in [6.45, 7) is 0. The van der Waals surface area contributed by atoms with Gasteiger partial charge in [0, 0.05) is 20.1 Å². The highest BCUT2D eigenvalue weighted by molar-refractivity contribution is 14.1. The molecule has 2 aromatic carbocycles. The molecule has 17 heavy (non-hydrogen) atoms. The van der Waals surface area contributed by atoms with Crippen molar-refractivity contribution < 1.29 is 4.79 Å². The van der Waals surface area contributed by atoms with Crippen molar-refractivity contribution in [2.75, 3.05) is 0 Å². The van der Waals surface area contributed by atoms with Crippen LogP contribution in [0.25, 0.3) is 0 Å². The van der Waals surface area contributed by atoms with Gasteiger partial charge < -0.3 is 0 Å². The number of hydrogen-bond donors (Lipinski definition) is 0. The molecular formula is C14H9IOS. The fraction of sp³-hybridized carbons (Fsp3) is 0. The Kier molecular flexibility index (Phi) is 4.02. The van der Waals surface area contributed by atoms with Gasteiger partial charge >= 0.3 is 0 Å². The van der Waals surface area contributed by atoms with E-state index in [1.165, 1.54) is 0 Å². The average Bonchev–Trinajstić information content (AvgIpc) is 2.39. The third-order valence-corrected chi connectivity index (χ3v) is 3.64. The monoisotopic (exact) mass is 352 g/mol. The van der Waals surface area contributed by atoms with Crippen molar-refractivity contribution in [1.29, 1.82) is 0 Å². The smallest absolute Gasteiger partial charge is 0.194 e. The van der Waals surface area contributed by atoms with E-state index in [1.54, 1.807) is 5.37 Å². The Bertz CT molecular complexity index is 561. The zero-order valence-electron chi connectivity index (χ0n) is 8.89. The summed E-state index contributed by atoms with van der Waals surface area (Å²) >= 11 is 7.00. The third kappa shape index (κ3) is 2.79. The van der Waals surface area contributed by atoms with E-state index in [9.17, 15) is 4.79 Å². The van der Waals surface area contributed by atoms with Crippen molar-refractivity contribution in [2.24, 2.45) is 0 Å². The molecular weight excluding hydrogens is 343 g/mol. The lowest BCUT2D eigenvalue weighted by atomic mass is 10.0. The molecule has 0 atom stereocenters. The lowest BCUT2D eigenvalue weighted by Gasteiger charge is -2.03. The van der Waals surface area contributed by atoms with Crippen molar-refractivity contribution in [3.63, 3.8) is 0 Å². The number of hydrogen-bond acceptors (Lipinski definition) is 2. The molecule has 0 N–H and O–H groups in total. The van der Waals surface area contributed by atoms with E-state index in [4.69, 9.17) is 12.2 Å². The Hall–Kier alpha value is -1.07. The van der Waals surface area contributed by atoms with Crippen LogP contribution in [0.4, 0.5) is 0 Å². The minimum absolute atomic E-state index is 0.0471. The minimum Gasteiger partial charge on any atom is -0.289 e. The van der Waals surface area contributed by atoms with Gasteiger partial charge in [0.2, 0.25) is 0 Å². The molecule has 84 valence electrons. The second kappa shape index (κ2) is 5.51. The zero-order chi connectivity index (χ0) is 12.3. The standard InChI is InChI=1S/C14H9IOS/c15-13-4-2-1-3-12(13)14(16)11-7-5-10(9-17)6-8-11/h1-9H. The first kappa shape index (κ1) is 12.4. The summed E-state index contributed by atoms with van der Waals surface area (Å²) in [5.41, 5.74) is 2.37. The van der Waals surface area contributed by atoms with E-state index in [0.717, 1.165) is 14.7 Å². The lowest BCUT2D eigenvalue weighted by molar-refractivity contribution is 0.103. The summed E-state index contributed by atoms with van der Waals surface area (Å²) in [7, 11) is 0. The molecule has 0 aliphatic rings. The molecule has 0 unspecified atom stereocenters. The Morgan fingerprint density at radius 2 is 1.71 bits per heavy atom. The molecule has 0 amide bonds. The van der Waals surface area contributed by atoms with Crippen LogP contribution in [0.1, 0.15) is 21.5 Å². The number of carbonyl (C=O) groups excluding carboxylic acids is 1. The lowest BCUT2D eigenvalue weighted by Crippen LogP contribution is -2.03. The molecule has 0 saturated carbocycles. The quantitative estimate of drug-likeness (QED) is 0.474. The highest BCUT2D eigenvalue weighted by atomic mass is 127. The van der Waals surface area contributed by atoms with Crippen LogP contribution in [-0.2, 0) is 0 Å². The highest BCUT2D eigenvalue weighted by Crippen LogP contribution is 2.16. The van der Waals surface area contributed by atoms with E-state index in [1.807, 2.05) is 48.5 Å². The maximum atomic E-state index is 12.2. The molecule has 0 spiro atoms. The second-order valence-electron chi connectivity index (χ2n) is 3.55. The number of ketones is 1. The summed E-state index contributed by atoms with van der Waals surface area (Å²) in [5, 5.41) is 1.60. The molecule has 2 aromatic rings. The number of thiocarbonyl (C=S) groups is 1. The van der Waals surface area contributed by atoms with Crippen molar-refractivity contribution >= 4 is 46.0 Å². The number of halogens is 1. The summed E-state index contributed by atoms with van der Waals surface area (Å²) in [4.78, 5) is 12.2. The van der Waals surface area contributed by atoms with Gasteiger partial charge in [-0.1, -0.05) is 48.6 Å². The molecule has 2 rings (SSSR count). The van der Waals surface area contributed by atoms with Crippen LogP contribution in [0.5, 0.6) is 0 Å². The Morgan fingerprint density at radius 3 is 2.29 bits per heavy atom. The van der Waals surface area contributed by atoms with Crippen LogP contribution in [-0.4, -0.2) is 11.2 Å². The molecule has 0 fully saturated rings. The Labute approximate surface area is 119 Å². The van der Waals surface area contributed by atoms with Crippen molar-refractivity contribution in [1.82, 2.24) is 0 Å². The largest absolute Gasteiger partial charge is 0.289 e. The summed E-state index contributed by atoms with van der Waals surface area (Å²) < 4.78 is 0.967. The van der Waals surface area contributed by atoms with Gasteiger partial charge in [-0.25, -0.2) is 0 Å².